The number of aryl methyl sites for hydroxylation is 1. The number of rotatable bonds is 4. The highest BCUT2D eigenvalue weighted by molar-refractivity contribution is 5.92. The molecule has 5 nitrogen and oxygen atoms in total. The standard InChI is InChI=1S/C15H16F3N5/c1-2-10-4-3-5-12(6-10)23-14(19)22-9-13-20-7-11(8-21-13)15(16,17)18/h3-8H,2,9H2,1H3,(H3,19,22,23). The highest BCUT2D eigenvalue weighted by Crippen LogP contribution is 2.27. The summed E-state index contributed by atoms with van der Waals surface area (Å²) in [6.07, 6.45) is -2.10. The summed E-state index contributed by atoms with van der Waals surface area (Å²) in [6, 6.07) is 7.68. The number of aliphatic imine (C=N–C) groups is 1. The minimum atomic E-state index is -4.45. The molecule has 122 valence electrons. The Morgan fingerprint density at radius 1 is 1.26 bits per heavy atom. The molecule has 0 aliphatic rings. The third-order valence-corrected chi connectivity index (χ3v) is 3.03. The summed E-state index contributed by atoms with van der Waals surface area (Å²) >= 11 is 0. The Labute approximate surface area is 131 Å². The number of anilines is 1. The number of halogens is 3. The second kappa shape index (κ2) is 7.08. The summed E-state index contributed by atoms with van der Waals surface area (Å²) in [7, 11) is 0. The van der Waals surface area contributed by atoms with Gasteiger partial charge in [0.1, 0.15) is 12.4 Å². The minimum absolute atomic E-state index is 0.00949. The molecule has 0 bridgehead atoms. The summed E-state index contributed by atoms with van der Waals surface area (Å²) in [5.41, 5.74) is 6.79. The molecule has 1 aromatic heterocycles. The van der Waals surface area contributed by atoms with Crippen molar-refractivity contribution >= 4 is 11.6 Å². The number of benzene rings is 1. The van der Waals surface area contributed by atoms with Crippen LogP contribution in [-0.4, -0.2) is 15.9 Å². The van der Waals surface area contributed by atoms with Crippen molar-refractivity contribution in [2.45, 2.75) is 26.1 Å². The first-order valence-electron chi connectivity index (χ1n) is 6.92. The predicted molar refractivity (Wildman–Crippen MR) is 81.8 cm³/mol. The Hall–Kier alpha value is -2.64. The van der Waals surface area contributed by atoms with Gasteiger partial charge in [-0.1, -0.05) is 19.1 Å². The Morgan fingerprint density at radius 3 is 2.57 bits per heavy atom. The monoisotopic (exact) mass is 323 g/mol. The molecule has 2 aromatic rings. The van der Waals surface area contributed by atoms with Gasteiger partial charge in [-0.25, -0.2) is 15.0 Å². The van der Waals surface area contributed by atoms with Crippen LogP contribution in [0, 0.1) is 0 Å². The highest BCUT2D eigenvalue weighted by Gasteiger charge is 2.31. The third-order valence-electron chi connectivity index (χ3n) is 3.03. The van der Waals surface area contributed by atoms with Crippen molar-refractivity contribution in [3.05, 3.63) is 53.6 Å². The number of hydrogen-bond donors (Lipinski definition) is 2. The van der Waals surface area contributed by atoms with E-state index in [1.54, 1.807) is 0 Å². The molecule has 0 saturated carbocycles. The maximum absolute atomic E-state index is 12.4. The molecule has 1 aromatic carbocycles. The van der Waals surface area contributed by atoms with Crippen LogP contribution in [0.4, 0.5) is 18.9 Å². The van der Waals surface area contributed by atoms with Gasteiger partial charge in [-0.15, -0.1) is 0 Å². The highest BCUT2D eigenvalue weighted by atomic mass is 19.4. The van der Waals surface area contributed by atoms with Gasteiger partial charge in [-0.3, -0.25) is 0 Å². The van der Waals surface area contributed by atoms with Gasteiger partial charge < -0.3 is 11.1 Å². The van der Waals surface area contributed by atoms with Gasteiger partial charge >= 0.3 is 6.18 Å². The van der Waals surface area contributed by atoms with Crippen molar-refractivity contribution in [3.63, 3.8) is 0 Å². The second-order valence-electron chi connectivity index (χ2n) is 4.77. The lowest BCUT2D eigenvalue weighted by Crippen LogP contribution is -2.22. The number of alkyl halides is 3. The maximum atomic E-state index is 12.4. The summed E-state index contributed by atoms with van der Waals surface area (Å²) in [4.78, 5) is 11.3. The molecule has 0 radical (unpaired) electrons. The van der Waals surface area contributed by atoms with Gasteiger partial charge in [0.2, 0.25) is 0 Å². The Kier molecular flexibility index (Phi) is 5.15. The first-order valence-corrected chi connectivity index (χ1v) is 6.92. The molecule has 0 amide bonds. The van der Waals surface area contributed by atoms with Crippen molar-refractivity contribution in [3.8, 4) is 0 Å². The molecular formula is C15H16F3N5. The van der Waals surface area contributed by atoms with Crippen molar-refractivity contribution in [2.75, 3.05) is 5.32 Å². The molecule has 0 aliphatic carbocycles. The van der Waals surface area contributed by atoms with Crippen LogP contribution >= 0.6 is 0 Å². The summed E-state index contributed by atoms with van der Waals surface area (Å²) < 4.78 is 37.2. The van der Waals surface area contributed by atoms with E-state index in [1.165, 1.54) is 0 Å². The van der Waals surface area contributed by atoms with E-state index < -0.39 is 11.7 Å². The number of nitrogens with one attached hydrogen (secondary N) is 1. The van der Waals surface area contributed by atoms with Crippen molar-refractivity contribution in [1.82, 2.24) is 9.97 Å². The van der Waals surface area contributed by atoms with Gasteiger partial charge in [0, 0.05) is 18.1 Å². The Morgan fingerprint density at radius 2 is 1.96 bits per heavy atom. The van der Waals surface area contributed by atoms with E-state index in [-0.39, 0.29) is 18.3 Å². The molecule has 0 aliphatic heterocycles. The van der Waals surface area contributed by atoms with E-state index in [2.05, 4.69) is 20.3 Å². The first-order chi connectivity index (χ1) is 10.9. The average Bonchev–Trinajstić information content (AvgIpc) is 2.52. The summed E-state index contributed by atoms with van der Waals surface area (Å²) in [6.45, 7) is 2.03. The average molecular weight is 323 g/mol. The first kappa shape index (κ1) is 16.7. The number of guanidine groups is 1. The normalized spacial score (nSPS) is 12.3. The van der Waals surface area contributed by atoms with Crippen molar-refractivity contribution < 1.29 is 13.2 Å². The molecule has 0 spiro atoms. The topological polar surface area (TPSA) is 76.2 Å². The Bertz CT molecular complexity index is 680. The molecule has 0 saturated heterocycles. The minimum Gasteiger partial charge on any atom is -0.370 e. The second-order valence-corrected chi connectivity index (χ2v) is 4.77. The SMILES string of the molecule is CCc1cccc(NC(N)=NCc2ncc(C(F)(F)F)cn2)c1. The lowest BCUT2D eigenvalue weighted by Gasteiger charge is -2.07. The Balaban J connectivity index is 1.99. The predicted octanol–water partition coefficient (Wildman–Crippen LogP) is 2.98. The number of nitrogens with two attached hydrogens (primary N) is 1. The van der Waals surface area contributed by atoms with E-state index >= 15 is 0 Å². The van der Waals surface area contributed by atoms with Crippen LogP contribution in [0.15, 0.2) is 41.7 Å². The van der Waals surface area contributed by atoms with Crippen LogP contribution in [0.5, 0.6) is 0 Å². The fourth-order valence-corrected chi connectivity index (χ4v) is 1.80. The van der Waals surface area contributed by atoms with E-state index in [4.69, 9.17) is 5.73 Å². The third kappa shape index (κ3) is 4.94. The van der Waals surface area contributed by atoms with E-state index in [0.717, 1.165) is 30.1 Å². The van der Waals surface area contributed by atoms with E-state index in [1.807, 2.05) is 31.2 Å². The van der Waals surface area contributed by atoms with E-state index in [9.17, 15) is 13.2 Å². The fourth-order valence-electron chi connectivity index (χ4n) is 1.80. The summed E-state index contributed by atoms with van der Waals surface area (Å²) in [5.74, 6) is 0.298. The smallest absolute Gasteiger partial charge is 0.370 e. The van der Waals surface area contributed by atoms with Gasteiger partial charge in [0.25, 0.3) is 0 Å². The van der Waals surface area contributed by atoms with Crippen LogP contribution in [0.25, 0.3) is 0 Å². The molecule has 3 N–H and O–H groups in total. The number of aromatic nitrogens is 2. The molecule has 8 heteroatoms. The quantitative estimate of drug-likeness (QED) is 0.670. The van der Waals surface area contributed by atoms with Crippen LogP contribution in [-0.2, 0) is 19.1 Å². The van der Waals surface area contributed by atoms with Crippen molar-refractivity contribution in [2.24, 2.45) is 10.7 Å². The molecule has 0 atom stereocenters. The zero-order chi connectivity index (χ0) is 16.9. The molecule has 0 fully saturated rings. The molecular weight excluding hydrogens is 307 g/mol. The van der Waals surface area contributed by atoms with Gasteiger partial charge in [0.05, 0.1) is 5.56 Å². The van der Waals surface area contributed by atoms with E-state index in [0.29, 0.717) is 0 Å². The maximum Gasteiger partial charge on any atom is 0.419 e. The zero-order valence-electron chi connectivity index (χ0n) is 12.4. The van der Waals surface area contributed by atoms with Crippen LogP contribution in [0.2, 0.25) is 0 Å². The largest absolute Gasteiger partial charge is 0.419 e. The fraction of sp³-hybridized carbons (Fsp3) is 0.267. The molecule has 2 rings (SSSR count). The number of hydrogen-bond acceptors (Lipinski definition) is 3. The zero-order valence-corrected chi connectivity index (χ0v) is 12.4. The lowest BCUT2D eigenvalue weighted by atomic mass is 10.1. The van der Waals surface area contributed by atoms with Crippen LogP contribution in [0.1, 0.15) is 23.9 Å². The lowest BCUT2D eigenvalue weighted by molar-refractivity contribution is -0.138. The van der Waals surface area contributed by atoms with Crippen LogP contribution < -0.4 is 11.1 Å². The molecule has 23 heavy (non-hydrogen) atoms. The summed E-state index contributed by atoms with van der Waals surface area (Å²) in [5, 5.41) is 2.91. The van der Waals surface area contributed by atoms with Gasteiger partial charge in [-0.2, -0.15) is 13.2 Å². The molecule has 0 unspecified atom stereocenters. The van der Waals surface area contributed by atoms with Crippen molar-refractivity contribution in [1.29, 1.82) is 0 Å². The van der Waals surface area contributed by atoms with Gasteiger partial charge in [-0.05, 0) is 24.1 Å². The molecule has 1 heterocycles. The van der Waals surface area contributed by atoms with Gasteiger partial charge in [0.15, 0.2) is 5.96 Å². The van der Waals surface area contributed by atoms with Crippen LogP contribution in [0.3, 0.4) is 0 Å². The number of nitrogens with zero attached hydrogens (tertiary/aromatic N) is 3.